The Morgan fingerprint density at radius 3 is 2.56 bits per heavy atom. The molecule has 0 bridgehead atoms. The van der Waals surface area contributed by atoms with Crippen LogP contribution >= 0.6 is 0 Å². The lowest BCUT2D eigenvalue weighted by Crippen LogP contribution is -2.44. The number of benzene rings is 1. The Kier molecular flexibility index (Phi) is 6.44. The Morgan fingerprint density at radius 2 is 1.96 bits per heavy atom. The lowest BCUT2D eigenvalue weighted by molar-refractivity contribution is -0.143. The predicted octanol–water partition coefficient (Wildman–Crippen LogP) is 2.00. The number of esters is 1. The molecule has 0 spiro atoms. The number of aromatic nitrogens is 2. The minimum atomic E-state index is -0.910. The fraction of sp³-hybridized carbons (Fsp3) is 0.368. The molecule has 144 valence electrons. The number of nitrogens with zero attached hydrogens (tertiary/aromatic N) is 2. The van der Waals surface area contributed by atoms with E-state index in [9.17, 15) is 18.8 Å². The van der Waals surface area contributed by atoms with Crippen molar-refractivity contribution in [2.24, 2.45) is 5.92 Å². The van der Waals surface area contributed by atoms with Crippen LogP contribution < -0.4 is 10.7 Å². The second-order valence-electron chi connectivity index (χ2n) is 6.54. The summed E-state index contributed by atoms with van der Waals surface area (Å²) in [6.07, 6.45) is 0.339. The third-order valence-electron chi connectivity index (χ3n) is 3.90. The SMILES string of the molecule is COC(=O)[C@@H](CC(C)C)NC(=O)c1nn(-c2ccccc2F)c(C)cc1=O. The minimum absolute atomic E-state index is 0.107. The molecule has 1 aromatic heterocycles. The monoisotopic (exact) mass is 375 g/mol. The average Bonchev–Trinajstić information content (AvgIpc) is 2.61. The van der Waals surface area contributed by atoms with Gasteiger partial charge in [-0.05, 0) is 31.4 Å². The summed E-state index contributed by atoms with van der Waals surface area (Å²) in [6.45, 7) is 5.35. The lowest BCUT2D eigenvalue weighted by Gasteiger charge is -2.18. The third kappa shape index (κ3) is 4.78. The first-order valence-corrected chi connectivity index (χ1v) is 8.49. The summed E-state index contributed by atoms with van der Waals surface area (Å²) in [5, 5.41) is 6.51. The van der Waals surface area contributed by atoms with Gasteiger partial charge in [0.2, 0.25) is 5.43 Å². The molecule has 0 unspecified atom stereocenters. The predicted molar refractivity (Wildman–Crippen MR) is 97.3 cm³/mol. The molecule has 2 aromatic rings. The molecule has 0 aliphatic heterocycles. The molecule has 0 saturated carbocycles. The Balaban J connectivity index is 2.41. The van der Waals surface area contributed by atoms with Gasteiger partial charge in [0.25, 0.3) is 5.91 Å². The number of para-hydroxylation sites is 1. The van der Waals surface area contributed by atoms with E-state index in [1.807, 2.05) is 13.8 Å². The van der Waals surface area contributed by atoms with Gasteiger partial charge >= 0.3 is 5.97 Å². The Labute approximate surface area is 156 Å². The van der Waals surface area contributed by atoms with Crippen LogP contribution in [-0.4, -0.2) is 34.8 Å². The summed E-state index contributed by atoms with van der Waals surface area (Å²) in [5.74, 6) is -1.87. The van der Waals surface area contributed by atoms with Crippen molar-refractivity contribution < 1.29 is 18.7 Å². The van der Waals surface area contributed by atoms with E-state index in [0.717, 1.165) is 0 Å². The molecule has 0 aliphatic carbocycles. The van der Waals surface area contributed by atoms with Gasteiger partial charge in [-0.2, -0.15) is 5.10 Å². The highest BCUT2D eigenvalue weighted by atomic mass is 19.1. The number of carbonyl (C=O) groups excluding carboxylic acids is 2. The van der Waals surface area contributed by atoms with Crippen LogP contribution in [0.25, 0.3) is 5.69 Å². The van der Waals surface area contributed by atoms with Crippen LogP contribution in [0.4, 0.5) is 4.39 Å². The van der Waals surface area contributed by atoms with Crippen molar-refractivity contribution >= 4 is 11.9 Å². The number of amides is 1. The van der Waals surface area contributed by atoms with E-state index in [1.165, 1.54) is 36.1 Å². The van der Waals surface area contributed by atoms with E-state index in [2.05, 4.69) is 10.4 Å². The standard InChI is InChI=1S/C19H22FN3O4/c1-11(2)9-14(19(26)27-4)21-18(25)17-16(24)10-12(3)23(22-17)15-8-6-5-7-13(15)20/h5-8,10-11,14H,9H2,1-4H3,(H,21,25)/t14-/m1/s1. The van der Waals surface area contributed by atoms with Crippen LogP contribution in [0, 0.1) is 18.7 Å². The van der Waals surface area contributed by atoms with E-state index in [4.69, 9.17) is 4.74 Å². The van der Waals surface area contributed by atoms with Gasteiger partial charge in [-0.3, -0.25) is 9.59 Å². The van der Waals surface area contributed by atoms with Crippen molar-refractivity contribution in [3.05, 3.63) is 57.8 Å². The molecule has 2 rings (SSSR count). The van der Waals surface area contributed by atoms with Crippen molar-refractivity contribution in [2.45, 2.75) is 33.2 Å². The van der Waals surface area contributed by atoms with Crippen LogP contribution in [0.1, 0.15) is 36.5 Å². The van der Waals surface area contributed by atoms with Gasteiger partial charge in [0.1, 0.15) is 17.5 Å². The fourth-order valence-electron chi connectivity index (χ4n) is 2.63. The molecule has 27 heavy (non-hydrogen) atoms. The average molecular weight is 375 g/mol. The first-order chi connectivity index (χ1) is 12.7. The van der Waals surface area contributed by atoms with Crippen molar-refractivity contribution in [1.82, 2.24) is 15.1 Å². The normalized spacial score (nSPS) is 11.9. The Morgan fingerprint density at radius 1 is 1.30 bits per heavy atom. The van der Waals surface area contributed by atoms with Gasteiger partial charge in [0.05, 0.1) is 7.11 Å². The molecule has 0 fully saturated rings. The zero-order chi connectivity index (χ0) is 20.1. The van der Waals surface area contributed by atoms with Crippen molar-refractivity contribution in [2.75, 3.05) is 7.11 Å². The van der Waals surface area contributed by atoms with Crippen LogP contribution in [0.5, 0.6) is 0 Å². The fourth-order valence-corrected chi connectivity index (χ4v) is 2.63. The van der Waals surface area contributed by atoms with E-state index < -0.39 is 34.9 Å². The maximum absolute atomic E-state index is 14.1. The number of aryl methyl sites for hydroxylation is 1. The summed E-state index contributed by atoms with van der Waals surface area (Å²) in [6, 6.07) is 6.17. The summed E-state index contributed by atoms with van der Waals surface area (Å²) in [5.41, 5.74) is -0.573. The number of halogens is 1. The summed E-state index contributed by atoms with van der Waals surface area (Å²) < 4.78 is 20.0. The van der Waals surface area contributed by atoms with Gasteiger partial charge in [-0.1, -0.05) is 26.0 Å². The smallest absolute Gasteiger partial charge is 0.328 e. The summed E-state index contributed by atoms with van der Waals surface area (Å²) in [4.78, 5) is 36.7. The first kappa shape index (κ1) is 20.3. The van der Waals surface area contributed by atoms with E-state index in [-0.39, 0.29) is 11.6 Å². The van der Waals surface area contributed by atoms with E-state index >= 15 is 0 Å². The van der Waals surface area contributed by atoms with Gasteiger partial charge in [-0.25, -0.2) is 13.9 Å². The highest BCUT2D eigenvalue weighted by molar-refractivity contribution is 5.95. The van der Waals surface area contributed by atoms with E-state index in [0.29, 0.717) is 12.1 Å². The summed E-state index contributed by atoms with van der Waals surface area (Å²) >= 11 is 0. The number of nitrogens with one attached hydrogen (secondary N) is 1. The number of carbonyl (C=O) groups is 2. The number of rotatable bonds is 6. The highest BCUT2D eigenvalue weighted by Gasteiger charge is 2.25. The zero-order valence-corrected chi connectivity index (χ0v) is 15.7. The molecule has 7 nitrogen and oxygen atoms in total. The van der Waals surface area contributed by atoms with Crippen molar-refractivity contribution in [3.63, 3.8) is 0 Å². The maximum Gasteiger partial charge on any atom is 0.328 e. The second kappa shape index (κ2) is 8.57. The Hall–Kier alpha value is -3.03. The first-order valence-electron chi connectivity index (χ1n) is 8.49. The third-order valence-corrected chi connectivity index (χ3v) is 3.90. The van der Waals surface area contributed by atoms with Gasteiger partial charge in [-0.15, -0.1) is 0 Å². The number of methoxy groups -OCH3 is 1. The largest absolute Gasteiger partial charge is 0.467 e. The summed E-state index contributed by atoms with van der Waals surface area (Å²) in [7, 11) is 1.22. The number of hydrogen-bond acceptors (Lipinski definition) is 5. The molecule has 0 saturated heterocycles. The van der Waals surface area contributed by atoms with E-state index in [1.54, 1.807) is 13.0 Å². The molecule has 1 atom stereocenters. The molecule has 1 aromatic carbocycles. The highest BCUT2D eigenvalue weighted by Crippen LogP contribution is 2.13. The minimum Gasteiger partial charge on any atom is -0.467 e. The van der Waals surface area contributed by atoms with Gasteiger partial charge < -0.3 is 10.1 Å². The molecule has 1 amide bonds. The van der Waals surface area contributed by atoms with Crippen LogP contribution in [-0.2, 0) is 9.53 Å². The zero-order valence-electron chi connectivity index (χ0n) is 15.7. The molecule has 0 aliphatic rings. The van der Waals surface area contributed by atoms with Crippen molar-refractivity contribution in [3.8, 4) is 5.69 Å². The van der Waals surface area contributed by atoms with Crippen LogP contribution in [0.3, 0.4) is 0 Å². The molecular formula is C19H22FN3O4. The van der Waals surface area contributed by atoms with Gasteiger partial charge in [0.15, 0.2) is 5.69 Å². The maximum atomic E-state index is 14.1. The Bertz CT molecular complexity index is 908. The van der Waals surface area contributed by atoms with Gasteiger partial charge in [0, 0.05) is 11.8 Å². The second-order valence-corrected chi connectivity index (χ2v) is 6.54. The van der Waals surface area contributed by atoms with Crippen molar-refractivity contribution in [1.29, 1.82) is 0 Å². The molecule has 0 radical (unpaired) electrons. The molecular weight excluding hydrogens is 353 g/mol. The van der Waals surface area contributed by atoms with Crippen LogP contribution in [0.2, 0.25) is 0 Å². The molecule has 8 heteroatoms. The quantitative estimate of drug-likeness (QED) is 0.780. The lowest BCUT2D eigenvalue weighted by atomic mass is 10.0. The number of hydrogen-bond donors (Lipinski definition) is 1. The number of ether oxygens (including phenoxy) is 1. The molecule has 1 N–H and O–H groups in total. The van der Waals surface area contributed by atoms with Crippen LogP contribution in [0.15, 0.2) is 35.1 Å². The topological polar surface area (TPSA) is 90.3 Å². The molecule has 1 heterocycles.